The first-order chi connectivity index (χ1) is 6.79. The standard InChI is InChI=1S/C11H12BrFS/c12-10-4-2-1-3-9(10)11(13)8-5-6-14-7-8/h1-4,8,11H,5-7H2. The highest BCUT2D eigenvalue weighted by atomic mass is 79.9. The van der Waals surface area contributed by atoms with Gasteiger partial charge in [-0.25, -0.2) is 4.39 Å². The maximum Gasteiger partial charge on any atom is 0.130 e. The predicted molar refractivity (Wildman–Crippen MR) is 63.4 cm³/mol. The lowest BCUT2D eigenvalue weighted by atomic mass is 9.97. The van der Waals surface area contributed by atoms with Gasteiger partial charge in [-0.3, -0.25) is 0 Å². The smallest absolute Gasteiger partial charge is 0.130 e. The summed E-state index contributed by atoms with van der Waals surface area (Å²) < 4.78 is 15.0. The van der Waals surface area contributed by atoms with Crippen molar-refractivity contribution in [3.8, 4) is 0 Å². The number of alkyl halides is 1. The average molecular weight is 275 g/mol. The van der Waals surface area contributed by atoms with Gasteiger partial charge in [0.15, 0.2) is 0 Å². The van der Waals surface area contributed by atoms with Crippen LogP contribution in [0.1, 0.15) is 18.2 Å². The van der Waals surface area contributed by atoms with Crippen LogP contribution in [0.2, 0.25) is 0 Å². The van der Waals surface area contributed by atoms with Gasteiger partial charge in [0.1, 0.15) is 6.17 Å². The molecule has 0 aromatic heterocycles. The molecular formula is C11H12BrFS. The zero-order chi connectivity index (χ0) is 9.97. The van der Waals surface area contributed by atoms with Gasteiger partial charge in [-0.05, 0) is 24.0 Å². The van der Waals surface area contributed by atoms with Crippen LogP contribution in [0.5, 0.6) is 0 Å². The summed E-state index contributed by atoms with van der Waals surface area (Å²) in [4.78, 5) is 0. The van der Waals surface area contributed by atoms with Gasteiger partial charge >= 0.3 is 0 Å². The van der Waals surface area contributed by atoms with E-state index in [0.717, 1.165) is 28.0 Å². The third-order valence-electron chi connectivity index (χ3n) is 2.58. The monoisotopic (exact) mass is 274 g/mol. The lowest BCUT2D eigenvalue weighted by molar-refractivity contribution is 0.250. The molecular weight excluding hydrogens is 263 g/mol. The van der Waals surface area contributed by atoms with Gasteiger partial charge < -0.3 is 0 Å². The third-order valence-corrected chi connectivity index (χ3v) is 4.49. The van der Waals surface area contributed by atoms with Crippen molar-refractivity contribution in [2.45, 2.75) is 12.6 Å². The Morgan fingerprint density at radius 1 is 1.43 bits per heavy atom. The Labute approximate surface area is 96.4 Å². The normalized spacial score (nSPS) is 23.7. The number of thioether (sulfide) groups is 1. The Hall–Kier alpha value is -0.0200. The van der Waals surface area contributed by atoms with Crippen molar-refractivity contribution < 1.29 is 4.39 Å². The first-order valence-corrected chi connectivity index (χ1v) is 6.70. The lowest BCUT2D eigenvalue weighted by Crippen LogP contribution is -2.08. The largest absolute Gasteiger partial charge is 0.242 e. The van der Waals surface area contributed by atoms with E-state index in [2.05, 4.69) is 15.9 Å². The van der Waals surface area contributed by atoms with E-state index >= 15 is 0 Å². The van der Waals surface area contributed by atoms with Crippen LogP contribution in [-0.4, -0.2) is 11.5 Å². The van der Waals surface area contributed by atoms with Gasteiger partial charge in [-0.2, -0.15) is 11.8 Å². The van der Waals surface area contributed by atoms with Crippen molar-refractivity contribution in [1.82, 2.24) is 0 Å². The summed E-state index contributed by atoms with van der Waals surface area (Å²) in [5.41, 5.74) is 0.806. The van der Waals surface area contributed by atoms with Crippen molar-refractivity contribution in [1.29, 1.82) is 0 Å². The fourth-order valence-corrected chi connectivity index (χ4v) is 3.51. The van der Waals surface area contributed by atoms with Crippen molar-refractivity contribution in [2.75, 3.05) is 11.5 Å². The third kappa shape index (κ3) is 2.14. The molecule has 0 nitrogen and oxygen atoms in total. The molecule has 0 spiro atoms. The van der Waals surface area contributed by atoms with E-state index in [9.17, 15) is 4.39 Å². The summed E-state index contributed by atoms with van der Waals surface area (Å²) in [5, 5.41) is 0. The second kappa shape index (κ2) is 4.67. The molecule has 14 heavy (non-hydrogen) atoms. The fraction of sp³-hybridized carbons (Fsp3) is 0.455. The van der Waals surface area contributed by atoms with E-state index < -0.39 is 6.17 Å². The molecule has 2 unspecified atom stereocenters. The Kier molecular flexibility index (Phi) is 3.50. The van der Waals surface area contributed by atoms with Crippen LogP contribution < -0.4 is 0 Å². The highest BCUT2D eigenvalue weighted by Crippen LogP contribution is 2.39. The van der Waals surface area contributed by atoms with E-state index in [0.29, 0.717) is 0 Å². The predicted octanol–water partition coefficient (Wildman–Crippen LogP) is 4.21. The molecule has 1 heterocycles. The average Bonchev–Trinajstić information content (AvgIpc) is 2.70. The fourth-order valence-electron chi connectivity index (χ4n) is 1.74. The lowest BCUT2D eigenvalue weighted by Gasteiger charge is -2.16. The molecule has 0 saturated carbocycles. The molecule has 0 radical (unpaired) electrons. The van der Waals surface area contributed by atoms with Crippen molar-refractivity contribution in [3.05, 3.63) is 34.3 Å². The van der Waals surface area contributed by atoms with Crippen LogP contribution in [0.15, 0.2) is 28.7 Å². The summed E-state index contributed by atoms with van der Waals surface area (Å²) in [5.74, 6) is 2.27. The number of hydrogen-bond donors (Lipinski definition) is 0. The first kappa shape index (κ1) is 10.5. The van der Waals surface area contributed by atoms with E-state index in [1.54, 1.807) is 0 Å². The van der Waals surface area contributed by atoms with E-state index in [4.69, 9.17) is 0 Å². The molecule has 2 atom stereocenters. The minimum atomic E-state index is -0.805. The quantitative estimate of drug-likeness (QED) is 0.779. The van der Waals surface area contributed by atoms with Gasteiger partial charge in [-0.1, -0.05) is 34.1 Å². The van der Waals surface area contributed by atoms with Crippen molar-refractivity contribution in [2.24, 2.45) is 5.92 Å². The van der Waals surface area contributed by atoms with Crippen LogP contribution in [-0.2, 0) is 0 Å². The Balaban J connectivity index is 2.17. The van der Waals surface area contributed by atoms with Crippen LogP contribution in [0.3, 0.4) is 0 Å². The van der Waals surface area contributed by atoms with Crippen LogP contribution in [0.4, 0.5) is 4.39 Å². The molecule has 1 fully saturated rings. The Morgan fingerprint density at radius 3 is 2.86 bits per heavy atom. The highest BCUT2D eigenvalue weighted by molar-refractivity contribution is 9.10. The molecule has 1 aromatic carbocycles. The Morgan fingerprint density at radius 2 is 2.21 bits per heavy atom. The molecule has 0 amide bonds. The van der Waals surface area contributed by atoms with Crippen molar-refractivity contribution >= 4 is 27.7 Å². The molecule has 3 heteroatoms. The van der Waals surface area contributed by atoms with Crippen LogP contribution >= 0.6 is 27.7 Å². The molecule has 1 aliphatic heterocycles. The molecule has 1 saturated heterocycles. The first-order valence-electron chi connectivity index (χ1n) is 4.75. The van der Waals surface area contributed by atoms with E-state index in [-0.39, 0.29) is 5.92 Å². The van der Waals surface area contributed by atoms with Crippen LogP contribution in [0, 0.1) is 5.92 Å². The summed E-state index contributed by atoms with van der Waals surface area (Å²) in [6.45, 7) is 0. The highest BCUT2D eigenvalue weighted by Gasteiger charge is 2.27. The van der Waals surface area contributed by atoms with Gasteiger partial charge in [0, 0.05) is 16.0 Å². The molecule has 0 bridgehead atoms. The maximum atomic E-state index is 14.1. The van der Waals surface area contributed by atoms with Gasteiger partial charge in [-0.15, -0.1) is 0 Å². The summed E-state index contributed by atoms with van der Waals surface area (Å²) in [7, 11) is 0. The number of benzene rings is 1. The summed E-state index contributed by atoms with van der Waals surface area (Å²) in [6.07, 6.45) is 0.202. The number of halogens is 2. The van der Waals surface area contributed by atoms with E-state index in [1.807, 2.05) is 36.0 Å². The zero-order valence-corrected chi connectivity index (χ0v) is 10.2. The number of hydrogen-bond acceptors (Lipinski definition) is 1. The van der Waals surface area contributed by atoms with Gasteiger partial charge in [0.25, 0.3) is 0 Å². The van der Waals surface area contributed by atoms with Crippen LogP contribution in [0.25, 0.3) is 0 Å². The minimum Gasteiger partial charge on any atom is -0.242 e. The Bertz CT molecular complexity index is 310. The molecule has 76 valence electrons. The molecule has 2 rings (SSSR count). The zero-order valence-electron chi connectivity index (χ0n) is 7.75. The maximum absolute atomic E-state index is 14.1. The molecule has 1 aliphatic rings. The summed E-state index contributed by atoms with van der Waals surface area (Å²) in [6, 6.07) is 7.60. The van der Waals surface area contributed by atoms with Gasteiger partial charge in [0.05, 0.1) is 0 Å². The second-order valence-electron chi connectivity index (χ2n) is 3.55. The molecule has 1 aromatic rings. The van der Waals surface area contributed by atoms with Crippen molar-refractivity contribution in [3.63, 3.8) is 0 Å². The summed E-state index contributed by atoms with van der Waals surface area (Å²) >= 11 is 5.25. The number of rotatable bonds is 2. The molecule has 0 aliphatic carbocycles. The topological polar surface area (TPSA) is 0 Å². The SMILES string of the molecule is FC(c1ccccc1Br)C1CCSC1. The minimum absolute atomic E-state index is 0.207. The molecule has 0 N–H and O–H groups in total. The second-order valence-corrected chi connectivity index (χ2v) is 5.55. The van der Waals surface area contributed by atoms with E-state index in [1.165, 1.54) is 0 Å². The van der Waals surface area contributed by atoms with Gasteiger partial charge in [0.2, 0.25) is 0 Å².